The third kappa shape index (κ3) is 5.74. The van der Waals surface area contributed by atoms with Gasteiger partial charge in [0, 0.05) is 19.6 Å². The molecule has 5 heteroatoms. The molecule has 0 spiro atoms. The Kier molecular flexibility index (Phi) is 7.65. The first-order valence-corrected chi connectivity index (χ1v) is 11.5. The zero-order valence-corrected chi connectivity index (χ0v) is 19.6. The molecule has 3 aromatic carbocycles. The zero-order chi connectivity index (χ0) is 23.1. The largest absolute Gasteiger partial charge is 0.496 e. The van der Waals surface area contributed by atoms with Crippen molar-refractivity contribution in [2.45, 2.75) is 31.0 Å². The molecule has 174 valence electrons. The van der Waals surface area contributed by atoms with Crippen molar-refractivity contribution in [1.82, 2.24) is 4.90 Å². The predicted molar refractivity (Wildman–Crippen MR) is 132 cm³/mol. The number of benzene rings is 3. The third-order valence-corrected chi connectivity index (χ3v) is 6.47. The lowest BCUT2D eigenvalue weighted by Gasteiger charge is -2.43. The Bertz CT molecular complexity index is 975. The Labute approximate surface area is 197 Å². The lowest BCUT2D eigenvalue weighted by molar-refractivity contribution is -0.0695. The summed E-state index contributed by atoms with van der Waals surface area (Å²) in [5.41, 5.74) is 10.1. The van der Waals surface area contributed by atoms with Crippen molar-refractivity contribution in [3.63, 3.8) is 0 Å². The first kappa shape index (κ1) is 23.3. The van der Waals surface area contributed by atoms with E-state index >= 15 is 0 Å². The van der Waals surface area contributed by atoms with Gasteiger partial charge in [0.1, 0.15) is 11.5 Å². The topological polar surface area (TPSA) is 57.0 Å². The molecule has 1 heterocycles. The van der Waals surface area contributed by atoms with Crippen molar-refractivity contribution in [3.05, 3.63) is 95.6 Å². The van der Waals surface area contributed by atoms with E-state index in [1.165, 1.54) is 5.56 Å². The van der Waals surface area contributed by atoms with Crippen LogP contribution < -0.4 is 15.2 Å². The molecular weight excluding hydrogens is 412 g/mol. The van der Waals surface area contributed by atoms with Gasteiger partial charge in [-0.3, -0.25) is 4.90 Å². The van der Waals surface area contributed by atoms with Crippen molar-refractivity contribution in [3.8, 4) is 11.5 Å². The molecule has 1 unspecified atom stereocenters. The summed E-state index contributed by atoms with van der Waals surface area (Å²) in [4.78, 5) is 2.44. The molecule has 0 saturated carbocycles. The van der Waals surface area contributed by atoms with Crippen molar-refractivity contribution >= 4 is 0 Å². The fraction of sp³-hybridized carbons (Fsp3) is 0.357. The van der Waals surface area contributed by atoms with Gasteiger partial charge >= 0.3 is 0 Å². The molecule has 1 fully saturated rings. The smallest absolute Gasteiger partial charge is 0.122 e. The molecule has 3 aromatic rings. The van der Waals surface area contributed by atoms with E-state index in [1.807, 2.05) is 36.4 Å². The molecule has 33 heavy (non-hydrogen) atoms. The first-order chi connectivity index (χ1) is 16.1. The summed E-state index contributed by atoms with van der Waals surface area (Å²) >= 11 is 0. The Balaban J connectivity index is 1.62. The maximum atomic E-state index is 7.28. The number of ether oxygens (including phenoxy) is 3. The monoisotopic (exact) mass is 446 g/mol. The van der Waals surface area contributed by atoms with Gasteiger partial charge in [0.25, 0.3) is 0 Å². The van der Waals surface area contributed by atoms with Gasteiger partial charge in [-0.05, 0) is 41.7 Å². The average Bonchev–Trinajstić information content (AvgIpc) is 2.85. The van der Waals surface area contributed by atoms with E-state index in [0.29, 0.717) is 19.4 Å². The second-order valence-corrected chi connectivity index (χ2v) is 8.79. The maximum Gasteiger partial charge on any atom is 0.122 e. The Morgan fingerprint density at radius 3 is 1.97 bits per heavy atom. The van der Waals surface area contributed by atoms with Crippen molar-refractivity contribution in [2.24, 2.45) is 5.73 Å². The highest BCUT2D eigenvalue weighted by Crippen LogP contribution is 2.32. The molecule has 0 amide bonds. The van der Waals surface area contributed by atoms with E-state index in [0.717, 1.165) is 42.3 Å². The molecule has 0 aliphatic carbocycles. The Hall–Kier alpha value is -2.86. The van der Waals surface area contributed by atoms with Crippen LogP contribution in [0.3, 0.4) is 0 Å². The number of hydrogen-bond donors (Lipinski definition) is 1. The minimum atomic E-state index is -0.640. The highest BCUT2D eigenvalue weighted by Gasteiger charge is 2.40. The Morgan fingerprint density at radius 2 is 1.39 bits per heavy atom. The average molecular weight is 447 g/mol. The van der Waals surface area contributed by atoms with Crippen LogP contribution in [0, 0.1) is 0 Å². The molecular formula is C28H34N2O3. The molecule has 0 radical (unpaired) electrons. The molecule has 5 nitrogen and oxygen atoms in total. The molecule has 1 atom stereocenters. The minimum absolute atomic E-state index is 0.134. The fourth-order valence-electron chi connectivity index (χ4n) is 4.73. The summed E-state index contributed by atoms with van der Waals surface area (Å²) in [6.45, 7) is 3.22. The summed E-state index contributed by atoms with van der Waals surface area (Å²) in [5, 5.41) is 0. The third-order valence-electron chi connectivity index (χ3n) is 6.47. The maximum absolute atomic E-state index is 7.28. The molecule has 1 aliphatic rings. The predicted octanol–water partition coefficient (Wildman–Crippen LogP) is 4.09. The van der Waals surface area contributed by atoms with Gasteiger partial charge in [-0.15, -0.1) is 0 Å². The number of nitrogens with zero attached hydrogens (tertiary/aromatic N) is 1. The number of rotatable bonds is 9. The zero-order valence-electron chi connectivity index (χ0n) is 19.6. The summed E-state index contributed by atoms with van der Waals surface area (Å²) in [6.07, 6.45) is 1.14. The van der Waals surface area contributed by atoms with Crippen LogP contribution in [0.4, 0.5) is 0 Å². The number of para-hydroxylation sites is 2. The van der Waals surface area contributed by atoms with Gasteiger partial charge in [0.15, 0.2) is 0 Å². The number of nitrogens with two attached hydrogens (primary N) is 1. The lowest BCUT2D eigenvalue weighted by Crippen LogP contribution is -2.61. The van der Waals surface area contributed by atoms with Crippen LogP contribution in [-0.4, -0.2) is 50.5 Å². The minimum Gasteiger partial charge on any atom is -0.496 e. The van der Waals surface area contributed by atoms with Crippen LogP contribution in [0.1, 0.15) is 16.7 Å². The standard InChI is InChI=1S/C28H34N2O3/c1-31-25-14-8-6-12-23(25)18-28(29,19-24-13-7-9-15-26(24)32-2)27-21-30(16-17-33-27)20-22-10-4-3-5-11-22/h3-15,27H,16-21,29H2,1-2H3. The van der Waals surface area contributed by atoms with Crippen LogP contribution >= 0.6 is 0 Å². The van der Waals surface area contributed by atoms with E-state index in [-0.39, 0.29) is 6.10 Å². The molecule has 0 bridgehead atoms. The summed E-state index contributed by atoms with van der Waals surface area (Å²) in [5.74, 6) is 1.70. The molecule has 1 aliphatic heterocycles. The molecule has 2 N–H and O–H groups in total. The highest BCUT2D eigenvalue weighted by atomic mass is 16.5. The van der Waals surface area contributed by atoms with E-state index in [9.17, 15) is 0 Å². The van der Waals surface area contributed by atoms with Gasteiger partial charge in [-0.2, -0.15) is 0 Å². The van der Waals surface area contributed by atoms with Gasteiger partial charge < -0.3 is 19.9 Å². The lowest BCUT2D eigenvalue weighted by atomic mass is 9.79. The summed E-state index contributed by atoms with van der Waals surface area (Å²) < 4.78 is 17.6. The number of methoxy groups -OCH3 is 2. The van der Waals surface area contributed by atoms with Crippen LogP contribution in [-0.2, 0) is 24.1 Å². The van der Waals surface area contributed by atoms with E-state index in [2.05, 4.69) is 47.4 Å². The van der Waals surface area contributed by atoms with Gasteiger partial charge in [-0.25, -0.2) is 0 Å². The van der Waals surface area contributed by atoms with Crippen LogP contribution in [0.25, 0.3) is 0 Å². The SMILES string of the molecule is COc1ccccc1CC(N)(Cc1ccccc1OC)C1CN(Cc2ccccc2)CCO1. The van der Waals surface area contributed by atoms with Gasteiger partial charge in [-0.1, -0.05) is 66.7 Å². The molecule has 0 aromatic heterocycles. The van der Waals surface area contributed by atoms with E-state index in [4.69, 9.17) is 19.9 Å². The first-order valence-electron chi connectivity index (χ1n) is 11.5. The van der Waals surface area contributed by atoms with Crippen LogP contribution in [0.15, 0.2) is 78.9 Å². The van der Waals surface area contributed by atoms with Crippen molar-refractivity contribution < 1.29 is 14.2 Å². The molecule has 1 saturated heterocycles. The van der Waals surface area contributed by atoms with E-state index < -0.39 is 5.54 Å². The number of morpholine rings is 1. The van der Waals surface area contributed by atoms with Gasteiger partial charge in [0.05, 0.1) is 32.5 Å². The second kappa shape index (κ2) is 10.8. The number of hydrogen-bond acceptors (Lipinski definition) is 5. The van der Waals surface area contributed by atoms with Crippen molar-refractivity contribution in [2.75, 3.05) is 33.9 Å². The Morgan fingerprint density at radius 1 is 0.848 bits per heavy atom. The van der Waals surface area contributed by atoms with E-state index in [1.54, 1.807) is 14.2 Å². The van der Waals surface area contributed by atoms with Crippen LogP contribution in [0.5, 0.6) is 11.5 Å². The quantitative estimate of drug-likeness (QED) is 0.537. The summed E-state index contributed by atoms with van der Waals surface area (Å²) in [7, 11) is 3.41. The van der Waals surface area contributed by atoms with Gasteiger partial charge in [0.2, 0.25) is 0 Å². The second-order valence-electron chi connectivity index (χ2n) is 8.79. The molecule has 4 rings (SSSR count). The highest BCUT2D eigenvalue weighted by molar-refractivity contribution is 5.38. The normalized spacial score (nSPS) is 17.0. The van der Waals surface area contributed by atoms with Crippen molar-refractivity contribution in [1.29, 1.82) is 0 Å². The van der Waals surface area contributed by atoms with Crippen LogP contribution in [0.2, 0.25) is 0 Å². The summed E-state index contributed by atoms with van der Waals surface area (Å²) in [6, 6.07) is 26.8. The fourth-order valence-corrected chi connectivity index (χ4v) is 4.73.